The number of aryl methyl sites for hydroxylation is 1. The molecule has 2 heterocycles. The molecule has 162 valence electrons. The van der Waals surface area contributed by atoms with Crippen molar-refractivity contribution in [1.82, 2.24) is 9.29 Å². The molecule has 0 unspecified atom stereocenters. The SMILES string of the molecule is Cc1cc(S(=O)(=O)N2CCOCC2)c2ncc(C(N)=O)c(Nc3cccc(Cl)c3)c2c1. The van der Waals surface area contributed by atoms with Crippen molar-refractivity contribution in [1.29, 1.82) is 0 Å². The first-order valence-corrected chi connectivity index (χ1v) is 11.4. The lowest BCUT2D eigenvalue weighted by Gasteiger charge is -2.26. The highest BCUT2D eigenvalue weighted by molar-refractivity contribution is 7.89. The maximum atomic E-state index is 13.4. The summed E-state index contributed by atoms with van der Waals surface area (Å²) in [7, 11) is -3.81. The monoisotopic (exact) mass is 460 g/mol. The summed E-state index contributed by atoms with van der Waals surface area (Å²) in [6.45, 7) is 3.00. The quantitative estimate of drug-likeness (QED) is 0.604. The van der Waals surface area contributed by atoms with Crippen molar-refractivity contribution >= 4 is 49.8 Å². The Labute approximate surface area is 185 Å². The van der Waals surface area contributed by atoms with E-state index < -0.39 is 15.9 Å². The molecule has 1 fully saturated rings. The maximum absolute atomic E-state index is 13.4. The van der Waals surface area contributed by atoms with Crippen LogP contribution >= 0.6 is 11.6 Å². The minimum Gasteiger partial charge on any atom is -0.379 e. The van der Waals surface area contributed by atoms with E-state index in [1.807, 2.05) is 0 Å². The Morgan fingerprint density at radius 1 is 1.23 bits per heavy atom. The van der Waals surface area contributed by atoms with E-state index in [9.17, 15) is 13.2 Å². The molecule has 1 amide bonds. The number of morpholine rings is 1. The lowest BCUT2D eigenvalue weighted by atomic mass is 10.1. The lowest BCUT2D eigenvalue weighted by molar-refractivity contribution is 0.0730. The average molecular weight is 461 g/mol. The molecule has 1 aliphatic heterocycles. The summed E-state index contributed by atoms with van der Waals surface area (Å²) in [5, 5.41) is 4.15. The molecule has 3 N–H and O–H groups in total. The molecular weight excluding hydrogens is 440 g/mol. The average Bonchev–Trinajstić information content (AvgIpc) is 2.74. The van der Waals surface area contributed by atoms with Crippen LogP contribution in [0.15, 0.2) is 47.5 Å². The Morgan fingerprint density at radius 3 is 2.65 bits per heavy atom. The van der Waals surface area contributed by atoms with Crippen molar-refractivity contribution in [2.75, 3.05) is 31.6 Å². The largest absolute Gasteiger partial charge is 0.379 e. The standard InChI is InChI=1S/C21H21ClN4O4S/c1-13-9-16-19(25-15-4-2-3-14(22)11-15)17(21(23)27)12-24-20(16)18(10-13)31(28,29)26-5-7-30-8-6-26/h2-4,9-12H,5-8H2,1H3,(H2,23,27)(H,24,25). The second-order valence-corrected chi connectivity index (χ2v) is 9.56. The Balaban J connectivity index is 1.94. The molecule has 1 aliphatic rings. The summed E-state index contributed by atoms with van der Waals surface area (Å²) in [5.74, 6) is -0.682. The van der Waals surface area contributed by atoms with E-state index in [1.54, 1.807) is 43.3 Å². The van der Waals surface area contributed by atoms with Gasteiger partial charge in [0.25, 0.3) is 5.91 Å². The molecule has 0 spiro atoms. The molecule has 8 nitrogen and oxygen atoms in total. The van der Waals surface area contributed by atoms with Crippen LogP contribution in [0, 0.1) is 6.92 Å². The van der Waals surface area contributed by atoms with E-state index >= 15 is 0 Å². The number of hydrogen-bond donors (Lipinski definition) is 2. The van der Waals surface area contributed by atoms with E-state index in [0.29, 0.717) is 40.6 Å². The predicted molar refractivity (Wildman–Crippen MR) is 119 cm³/mol. The third-order valence-corrected chi connectivity index (χ3v) is 7.18. The molecule has 0 radical (unpaired) electrons. The van der Waals surface area contributed by atoms with Gasteiger partial charge in [-0.25, -0.2) is 8.42 Å². The number of hydrogen-bond acceptors (Lipinski definition) is 6. The summed E-state index contributed by atoms with van der Waals surface area (Å²) in [5.41, 5.74) is 7.69. The number of primary amides is 1. The van der Waals surface area contributed by atoms with Crippen LogP contribution in [0.1, 0.15) is 15.9 Å². The fourth-order valence-electron chi connectivity index (χ4n) is 3.56. The number of aromatic nitrogens is 1. The van der Waals surface area contributed by atoms with E-state index in [0.717, 1.165) is 0 Å². The number of halogens is 1. The normalized spacial score (nSPS) is 15.2. The molecule has 0 atom stereocenters. The highest BCUT2D eigenvalue weighted by Gasteiger charge is 2.30. The lowest BCUT2D eigenvalue weighted by Crippen LogP contribution is -2.40. The van der Waals surface area contributed by atoms with Gasteiger partial charge in [-0.05, 0) is 42.8 Å². The van der Waals surface area contributed by atoms with Gasteiger partial charge < -0.3 is 15.8 Å². The van der Waals surface area contributed by atoms with Crippen molar-refractivity contribution in [2.45, 2.75) is 11.8 Å². The van der Waals surface area contributed by atoms with Crippen molar-refractivity contribution in [3.05, 3.63) is 58.7 Å². The van der Waals surface area contributed by atoms with E-state index in [2.05, 4.69) is 10.3 Å². The van der Waals surface area contributed by atoms with Gasteiger partial charge in [-0.15, -0.1) is 0 Å². The van der Waals surface area contributed by atoms with Crippen LogP contribution in [0.2, 0.25) is 5.02 Å². The van der Waals surface area contributed by atoms with Crippen molar-refractivity contribution in [3.63, 3.8) is 0 Å². The van der Waals surface area contributed by atoms with Crippen LogP contribution in [-0.4, -0.2) is 49.9 Å². The zero-order valence-corrected chi connectivity index (χ0v) is 18.3. The minimum atomic E-state index is -3.81. The Hall–Kier alpha value is -2.72. The molecular formula is C21H21ClN4O4S. The highest BCUT2D eigenvalue weighted by Crippen LogP contribution is 2.35. The van der Waals surface area contributed by atoms with Crippen LogP contribution < -0.4 is 11.1 Å². The molecule has 31 heavy (non-hydrogen) atoms. The summed E-state index contributed by atoms with van der Waals surface area (Å²) in [6.07, 6.45) is 1.30. The summed E-state index contributed by atoms with van der Waals surface area (Å²) in [6, 6.07) is 10.3. The molecule has 2 aromatic carbocycles. The van der Waals surface area contributed by atoms with Gasteiger partial charge in [-0.3, -0.25) is 9.78 Å². The number of anilines is 2. The molecule has 1 aromatic heterocycles. The molecule has 10 heteroatoms. The Bertz CT molecular complexity index is 1270. The first-order valence-electron chi connectivity index (χ1n) is 9.61. The van der Waals surface area contributed by atoms with E-state index in [1.165, 1.54) is 10.5 Å². The van der Waals surface area contributed by atoms with E-state index in [4.69, 9.17) is 22.1 Å². The number of pyridine rings is 1. The Morgan fingerprint density at radius 2 is 1.97 bits per heavy atom. The molecule has 0 bridgehead atoms. The van der Waals surface area contributed by atoms with E-state index in [-0.39, 0.29) is 29.1 Å². The van der Waals surface area contributed by atoms with Crippen LogP contribution in [0.5, 0.6) is 0 Å². The third-order valence-electron chi connectivity index (χ3n) is 5.03. The number of carbonyl (C=O) groups excluding carboxylic acids is 1. The van der Waals surface area contributed by atoms with Gasteiger partial charge in [-0.2, -0.15) is 4.31 Å². The number of nitrogens with zero attached hydrogens (tertiary/aromatic N) is 2. The number of carbonyl (C=O) groups is 1. The number of sulfonamides is 1. The van der Waals surface area contributed by atoms with Gasteiger partial charge in [0.05, 0.1) is 30.0 Å². The maximum Gasteiger partial charge on any atom is 0.252 e. The van der Waals surface area contributed by atoms with Gasteiger partial charge >= 0.3 is 0 Å². The third kappa shape index (κ3) is 4.22. The molecule has 4 rings (SSSR count). The van der Waals surface area contributed by atoms with Gasteiger partial charge in [0.15, 0.2) is 0 Å². The molecule has 0 aliphatic carbocycles. The topological polar surface area (TPSA) is 115 Å². The number of nitrogens with two attached hydrogens (primary N) is 1. The smallest absolute Gasteiger partial charge is 0.252 e. The van der Waals surface area contributed by atoms with Crippen LogP contribution in [0.3, 0.4) is 0 Å². The Kier molecular flexibility index (Phi) is 5.85. The van der Waals surface area contributed by atoms with Crippen molar-refractivity contribution in [3.8, 4) is 0 Å². The zero-order valence-electron chi connectivity index (χ0n) is 16.8. The fourth-order valence-corrected chi connectivity index (χ4v) is 5.40. The summed E-state index contributed by atoms with van der Waals surface area (Å²) >= 11 is 6.09. The van der Waals surface area contributed by atoms with Crippen LogP contribution in [-0.2, 0) is 14.8 Å². The van der Waals surface area contributed by atoms with Crippen LogP contribution in [0.4, 0.5) is 11.4 Å². The van der Waals surface area contributed by atoms with Crippen molar-refractivity contribution < 1.29 is 17.9 Å². The highest BCUT2D eigenvalue weighted by atomic mass is 35.5. The number of amides is 1. The zero-order chi connectivity index (χ0) is 22.2. The minimum absolute atomic E-state index is 0.0783. The predicted octanol–water partition coefficient (Wildman–Crippen LogP) is 3.06. The second kappa shape index (κ2) is 8.43. The summed E-state index contributed by atoms with van der Waals surface area (Å²) in [4.78, 5) is 16.5. The molecule has 3 aromatic rings. The number of fused-ring (bicyclic) bond motifs is 1. The van der Waals surface area contributed by atoms with Gasteiger partial charge in [0.2, 0.25) is 10.0 Å². The van der Waals surface area contributed by atoms with Gasteiger partial charge in [0, 0.05) is 35.4 Å². The number of ether oxygens (including phenoxy) is 1. The van der Waals surface area contributed by atoms with Crippen LogP contribution in [0.25, 0.3) is 10.9 Å². The second-order valence-electron chi connectivity index (χ2n) is 7.22. The fraction of sp³-hybridized carbons (Fsp3) is 0.238. The first-order chi connectivity index (χ1) is 14.8. The summed E-state index contributed by atoms with van der Waals surface area (Å²) < 4.78 is 33.4. The molecule has 1 saturated heterocycles. The van der Waals surface area contributed by atoms with Crippen molar-refractivity contribution in [2.24, 2.45) is 5.73 Å². The van der Waals surface area contributed by atoms with Gasteiger partial charge in [-0.1, -0.05) is 17.7 Å². The number of rotatable bonds is 5. The number of nitrogens with one attached hydrogen (secondary N) is 1. The molecule has 0 saturated carbocycles. The number of benzene rings is 2. The first kappa shape index (κ1) is 21.5. The van der Waals surface area contributed by atoms with Gasteiger partial charge in [0.1, 0.15) is 4.90 Å².